The normalized spacial score (nSPS) is 17.6. The first-order valence-electron chi connectivity index (χ1n) is 7.58. The third-order valence-corrected chi connectivity index (χ3v) is 5.26. The number of furan rings is 1. The Balaban J connectivity index is 1.58. The number of hydrogen-bond acceptors (Lipinski definition) is 3. The SMILES string of the molecule is O=C1CS[C@@H](c2ccn(-c3ccc(F)cc3)c2)N1Cc1ccco1. The fourth-order valence-corrected chi connectivity index (χ4v) is 3.97. The van der Waals surface area contributed by atoms with E-state index in [-0.39, 0.29) is 17.1 Å². The van der Waals surface area contributed by atoms with E-state index in [1.54, 1.807) is 30.2 Å². The van der Waals surface area contributed by atoms with Gasteiger partial charge in [0.25, 0.3) is 0 Å². The summed E-state index contributed by atoms with van der Waals surface area (Å²) in [4.78, 5) is 14.0. The highest BCUT2D eigenvalue weighted by molar-refractivity contribution is 8.00. The lowest BCUT2D eigenvalue weighted by Crippen LogP contribution is -2.27. The molecule has 0 unspecified atom stereocenters. The van der Waals surface area contributed by atoms with Gasteiger partial charge in [-0.3, -0.25) is 4.79 Å². The van der Waals surface area contributed by atoms with E-state index in [1.807, 2.05) is 40.1 Å². The van der Waals surface area contributed by atoms with E-state index in [9.17, 15) is 9.18 Å². The van der Waals surface area contributed by atoms with E-state index in [4.69, 9.17) is 4.42 Å². The van der Waals surface area contributed by atoms with Crippen LogP contribution in [0.1, 0.15) is 16.7 Å². The van der Waals surface area contributed by atoms with Gasteiger partial charge in [-0.25, -0.2) is 4.39 Å². The number of carbonyl (C=O) groups excluding carboxylic acids is 1. The lowest BCUT2D eigenvalue weighted by atomic mass is 10.3. The molecule has 1 aliphatic rings. The van der Waals surface area contributed by atoms with Gasteiger partial charge in [0, 0.05) is 23.6 Å². The largest absolute Gasteiger partial charge is 0.467 e. The number of aromatic nitrogens is 1. The summed E-state index contributed by atoms with van der Waals surface area (Å²) >= 11 is 1.61. The van der Waals surface area contributed by atoms with Crippen molar-refractivity contribution < 1.29 is 13.6 Å². The Morgan fingerprint density at radius 1 is 1.21 bits per heavy atom. The molecule has 0 spiro atoms. The van der Waals surface area contributed by atoms with Crippen molar-refractivity contribution in [2.75, 3.05) is 5.75 Å². The molecule has 0 aliphatic carbocycles. The lowest BCUT2D eigenvalue weighted by Gasteiger charge is -2.22. The smallest absolute Gasteiger partial charge is 0.234 e. The molecule has 3 heterocycles. The molecule has 1 saturated heterocycles. The molecule has 0 bridgehead atoms. The molecule has 1 atom stereocenters. The Morgan fingerprint density at radius 2 is 2.04 bits per heavy atom. The molecular weight excluding hydrogens is 327 g/mol. The molecule has 1 aromatic carbocycles. The van der Waals surface area contributed by atoms with E-state index >= 15 is 0 Å². The Bertz CT molecular complexity index is 842. The third-order valence-electron chi connectivity index (χ3n) is 4.00. The standard InChI is InChI=1S/C18H15FN2O2S/c19-14-3-5-15(6-4-14)20-8-7-13(10-20)18-21(17(22)12-24-18)11-16-2-1-9-23-16/h1-10,18H,11-12H2/t18-/m0/s1. The fourth-order valence-electron chi connectivity index (χ4n) is 2.80. The quantitative estimate of drug-likeness (QED) is 0.720. The molecule has 4 nitrogen and oxygen atoms in total. The molecule has 0 saturated carbocycles. The van der Waals surface area contributed by atoms with E-state index in [1.165, 1.54) is 12.1 Å². The summed E-state index contributed by atoms with van der Waals surface area (Å²) in [6.45, 7) is 0.464. The fraction of sp³-hybridized carbons (Fsp3) is 0.167. The van der Waals surface area contributed by atoms with E-state index < -0.39 is 0 Å². The third kappa shape index (κ3) is 2.85. The molecule has 3 aromatic rings. The first-order valence-corrected chi connectivity index (χ1v) is 8.63. The van der Waals surface area contributed by atoms with Gasteiger partial charge in [0.05, 0.1) is 18.6 Å². The molecular formula is C18H15FN2O2S. The molecule has 24 heavy (non-hydrogen) atoms. The van der Waals surface area contributed by atoms with Gasteiger partial charge in [-0.05, 0) is 42.5 Å². The van der Waals surface area contributed by atoms with Crippen molar-refractivity contribution in [3.05, 3.63) is 78.3 Å². The average Bonchev–Trinajstić information content (AvgIpc) is 3.31. The molecule has 1 aliphatic heterocycles. The van der Waals surface area contributed by atoms with Crippen LogP contribution >= 0.6 is 11.8 Å². The summed E-state index contributed by atoms with van der Waals surface area (Å²) in [5.74, 6) is 1.09. The highest BCUT2D eigenvalue weighted by Crippen LogP contribution is 2.40. The van der Waals surface area contributed by atoms with Gasteiger partial charge in [-0.2, -0.15) is 0 Å². The molecule has 6 heteroatoms. The minimum absolute atomic E-state index is 0.0377. The van der Waals surface area contributed by atoms with Crippen molar-refractivity contribution in [3.8, 4) is 5.69 Å². The van der Waals surface area contributed by atoms with Crippen LogP contribution in [0.25, 0.3) is 5.69 Å². The average molecular weight is 342 g/mol. The number of thioether (sulfide) groups is 1. The number of amides is 1. The maximum atomic E-state index is 13.1. The van der Waals surface area contributed by atoms with Gasteiger partial charge >= 0.3 is 0 Å². The minimum Gasteiger partial charge on any atom is -0.467 e. The Kier molecular flexibility index (Phi) is 3.90. The maximum Gasteiger partial charge on any atom is 0.234 e. The molecule has 0 radical (unpaired) electrons. The zero-order chi connectivity index (χ0) is 16.5. The lowest BCUT2D eigenvalue weighted by molar-refractivity contribution is -0.128. The van der Waals surface area contributed by atoms with Crippen molar-refractivity contribution in [1.82, 2.24) is 9.47 Å². The summed E-state index contributed by atoms with van der Waals surface area (Å²) < 4.78 is 20.4. The maximum absolute atomic E-state index is 13.1. The zero-order valence-electron chi connectivity index (χ0n) is 12.8. The van der Waals surface area contributed by atoms with Crippen LogP contribution in [-0.4, -0.2) is 21.1 Å². The van der Waals surface area contributed by atoms with Crippen molar-refractivity contribution in [2.45, 2.75) is 11.9 Å². The number of nitrogens with zero attached hydrogens (tertiary/aromatic N) is 2. The van der Waals surface area contributed by atoms with Gasteiger partial charge in [-0.15, -0.1) is 11.8 Å². The van der Waals surface area contributed by atoms with Gasteiger partial charge in [-0.1, -0.05) is 0 Å². The Hall–Kier alpha value is -2.47. The number of halogens is 1. The first kappa shape index (κ1) is 15.1. The van der Waals surface area contributed by atoms with Crippen LogP contribution in [0.15, 0.2) is 65.5 Å². The predicted octanol–water partition coefficient (Wildman–Crippen LogP) is 3.98. The van der Waals surface area contributed by atoms with Gasteiger partial charge in [0.15, 0.2) is 0 Å². The van der Waals surface area contributed by atoms with Crippen LogP contribution in [0.4, 0.5) is 4.39 Å². The monoisotopic (exact) mass is 342 g/mol. The van der Waals surface area contributed by atoms with Crippen molar-refractivity contribution >= 4 is 17.7 Å². The van der Waals surface area contributed by atoms with Crippen LogP contribution in [0.2, 0.25) is 0 Å². The second-order valence-electron chi connectivity index (χ2n) is 5.59. The molecule has 0 N–H and O–H groups in total. The van der Waals surface area contributed by atoms with E-state index in [0.717, 1.165) is 17.0 Å². The molecule has 1 fully saturated rings. The summed E-state index contributed by atoms with van der Waals surface area (Å²) in [5, 5.41) is -0.0377. The van der Waals surface area contributed by atoms with E-state index in [2.05, 4.69) is 0 Å². The second kappa shape index (κ2) is 6.20. The van der Waals surface area contributed by atoms with Crippen LogP contribution in [0.3, 0.4) is 0 Å². The number of carbonyl (C=O) groups is 1. The van der Waals surface area contributed by atoms with Gasteiger partial charge < -0.3 is 13.9 Å². The predicted molar refractivity (Wildman–Crippen MR) is 90.2 cm³/mol. The number of rotatable bonds is 4. The van der Waals surface area contributed by atoms with Crippen LogP contribution in [0, 0.1) is 5.82 Å². The topological polar surface area (TPSA) is 38.4 Å². The minimum atomic E-state index is -0.257. The van der Waals surface area contributed by atoms with Gasteiger partial charge in [0.1, 0.15) is 17.0 Å². The van der Waals surface area contributed by atoms with Crippen LogP contribution in [0.5, 0.6) is 0 Å². The first-order chi connectivity index (χ1) is 11.7. The molecule has 2 aromatic heterocycles. The van der Waals surface area contributed by atoms with Crippen LogP contribution in [-0.2, 0) is 11.3 Å². The number of benzene rings is 1. The molecule has 4 rings (SSSR count). The van der Waals surface area contributed by atoms with Crippen LogP contribution < -0.4 is 0 Å². The second-order valence-corrected chi connectivity index (χ2v) is 6.66. The summed E-state index contributed by atoms with van der Waals surface area (Å²) in [6, 6.07) is 12.0. The zero-order valence-corrected chi connectivity index (χ0v) is 13.6. The summed E-state index contributed by atoms with van der Waals surface area (Å²) in [6.07, 6.45) is 5.53. The Morgan fingerprint density at radius 3 is 2.79 bits per heavy atom. The van der Waals surface area contributed by atoms with Crippen molar-refractivity contribution in [1.29, 1.82) is 0 Å². The van der Waals surface area contributed by atoms with Crippen molar-refractivity contribution in [3.63, 3.8) is 0 Å². The molecule has 122 valence electrons. The van der Waals surface area contributed by atoms with Crippen molar-refractivity contribution in [2.24, 2.45) is 0 Å². The Labute approximate surface area is 142 Å². The highest BCUT2D eigenvalue weighted by Gasteiger charge is 2.33. The summed E-state index contributed by atoms with van der Waals surface area (Å²) in [5.41, 5.74) is 1.93. The van der Waals surface area contributed by atoms with Gasteiger partial charge in [0.2, 0.25) is 5.91 Å². The number of hydrogen-bond donors (Lipinski definition) is 0. The summed E-state index contributed by atoms with van der Waals surface area (Å²) in [7, 11) is 0. The molecule has 1 amide bonds. The highest BCUT2D eigenvalue weighted by atomic mass is 32.2. The van der Waals surface area contributed by atoms with E-state index in [0.29, 0.717) is 12.3 Å².